The Kier molecular flexibility index (Phi) is 29.9. The maximum atomic E-state index is 15.4. The van der Waals surface area contributed by atoms with E-state index >= 15 is 8.78 Å². The predicted molar refractivity (Wildman–Crippen MR) is 565 cm³/mol. The Hall–Kier alpha value is -15.4. The van der Waals surface area contributed by atoms with Crippen LogP contribution in [0.1, 0.15) is 11.1 Å². The first-order chi connectivity index (χ1) is 70.1. The molecule has 50 heteroatoms. The predicted octanol–water partition coefficient (Wildman–Crippen LogP) is 20.1. The zero-order valence-corrected chi connectivity index (χ0v) is 85.0. The van der Waals surface area contributed by atoms with Gasteiger partial charge in [-0.15, -0.1) is 45.3 Å². The highest BCUT2D eigenvalue weighted by molar-refractivity contribution is 7.93. The number of aromatic nitrogens is 7. The van der Waals surface area contributed by atoms with E-state index in [1.54, 1.807) is 99.5 Å². The number of anilines is 6. The summed E-state index contributed by atoms with van der Waals surface area (Å²) in [6.07, 6.45) is 10.9. The lowest BCUT2D eigenvalue weighted by molar-refractivity contribution is 0.255. The Balaban J connectivity index is 0.000000134. The van der Waals surface area contributed by atoms with Crippen LogP contribution >= 0.6 is 91.8 Å². The molecule has 1 aliphatic rings. The van der Waals surface area contributed by atoms with Crippen LogP contribution in [0.25, 0.3) is 99.1 Å². The quantitative estimate of drug-likeness (QED) is 0.0316. The minimum absolute atomic E-state index is 0.00123. The minimum Gasteiger partial charge on any atom is -0.388 e. The van der Waals surface area contributed by atoms with Crippen molar-refractivity contribution >= 4 is 244 Å². The number of thiophene rings is 4. The first-order valence-corrected chi connectivity index (χ1v) is 53.5. The summed E-state index contributed by atoms with van der Waals surface area (Å²) in [4.78, 5) is 115. The first kappa shape index (κ1) is 103. The number of urea groups is 4. The van der Waals surface area contributed by atoms with Gasteiger partial charge in [0.15, 0.2) is 0 Å². The van der Waals surface area contributed by atoms with Gasteiger partial charge >= 0.3 is 24.1 Å². The van der Waals surface area contributed by atoms with E-state index in [0.29, 0.717) is 48.8 Å². The number of carbonyl (C=O) groups excluding carboxylic acids is 4. The van der Waals surface area contributed by atoms with Gasteiger partial charge in [0.25, 0.3) is 62.3 Å². The van der Waals surface area contributed by atoms with Crippen LogP contribution in [0.3, 0.4) is 0 Å². The van der Waals surface area contributed by atoms with E-state index in [1.807, 2.05) is 80.5 Å². The van der Waals surface area contributed by atoms with Crippen molar-refractivity contribution in [1.29, 1.82) is 0 Å². The summed E-state index contributed by atoms with van der Waals surface area (Å²) in [6.45, 7) is 1.55. The van der Waals surface area contributed by atoms with Crippen LogP contribution in [0.2, 0.25) is 17.3 Å². The second-order valence-electron chi connectivity index (χ2n) is 31.9. The van der Waals surface area contributed by atoms with Crippen LogP contribution in [-0.2, 0) is 53.2 Å². The van der Waals surface area contributed by atoms with E-state index in [9.17, 15) is 80.8 Å². The molecule has 147 heavy (non-hydrogen) atoms. The molecular formula is C97H70Cl4F4N18O16S8. The van der Waals surface area contributed by atoms with Crippen molar-refractivity contribution in [3.63, 3.8) is 0 Å². The normalized spacial score (nSPS) is 12.0. The number of pyridine rings is 5. The summed E-state index contributed by atoms with van der Waals surface area (Å²) in [7, 11) is -11.0. The van der Waals surface area contributed by atoms with Crippen molar-refractivity contribution in [2.24, 2.45) is 0 Å². The van der Waals surface area contributed by atoms with Gasteiger partial charge < -0.3 is 36.9 Å². The average Bonchev–Trinajstić information content (AvgIpc) is 1.76. The maximum Gasteiger partial charge on any atom is 0.333 e. The summed E-state index contributed by atoms with van der Waals surface area (Å²) < 4.78 is 171. The molecule has 0 atom stereocenters. The fourth-order valence-corrected chi connectivity index (χ4v) is 25.1. The van der Waals surface area contributed by atoms with Crippen LogP contribution in [-0.4, -0.2) is 117 Å². The number of hydrogen-bond donors (Lipinski definition) is 11. The fraction of sp³-hybridized carbons (Fsp3) is 0.0515. The molecule has 1 aliphatic heterocycles. The molecule has 0 saturated carbocycles. The van der Waals surface area contributed by atoms with Gasteiger partial charge in [0, 0.05) is 131 Å². The third-order valence-corrected chi connectivity index (χ3v) is 34.5. The number of rotatable bonds is 20. The number of amides is 8. The lowest BCUT2D eigenvalue weighted by Crippen LogP contribution is -2.34. The van der Waals surface area contributed by atoms with Gasteiger partial charge in [-0.3, -0.25) is 47.3 Å². The third kappa shape index (κ3) is 23.0. The maximum absolute atomic E-state index is 15.4. The van der Waals surface area contributed by atoms with Gasteiger partial charge in [-0.2, -0.15) is 0 Å². The van der Waals surface area contributed by atoms with Crippen LogP contribution in [0.5, 0.6) is 0 Å². The highest BCUT2D eigenvalue weighted by Gasteiger charge is 2.29. The number of halogens is 8. The van der Waals surface area contributed by atoms with Gasteiger partial charge in [-0.25, -0.2) is 94.3 Å². The van der Waals surface area contributed by atoms with E-state index in [4.69, 9.17) is 46.4 Å². The van der Waals surface area contributed by atoms with E-state index < -0.39 is 104 Å². The van der Waals surface area contributed by atoms with Gasteiger partial charge in [0.05, 0.1) is 57.5 Å². The van der Waals surface area contributed by atoms with Crippen molar-refractivity contribution in [1.82, 2.24) is 57.0 Å². The molecule has 0 saturated heterocycles. The Morgan fingerprint density at radius 1 is 0.361 bits per heavy atom. The Morgan fingerprint density at radius 3 is 1.05 bits per heavy atom. The number of imidazole rings is 1. The summed E-state index contributed by atoms with van der Waals surface area (Å²) >= 11 is 26.2. The van der Waals surface area contributed by atoms with E-state index in [0.717, 1.165) is 132 Å². The monoisotopic (exact) mass is 2210 g/mol. The summed E-state index contributed by atoms with van der Waals surface area (Å²) in [5.74, 6) is -3.17. The highest BCUT2D eigenvalue weighted by Crippen LogP contribution is 2.37. The molecule has 9 aromatic carbocycles. The standard InChI is InChI=1S/C27H20ClFN4O4S2.C26H19ClFN5O4S2.C23H18ClFN4O4S2.C21H13ClFN5O4S2/c1-30-17-7-9-19-20(13-17)21(16-5-3-2-4-6-16)15-33(26(19)34)23-10-8-18(14-22(23)29)31-27(35)32-39(36,37)25-12-11-24(28)38-25;1-29-16-2-4-18-19(12-16)20(15-8-10-30-11-9-15)14-33(25(18)34)22-5-3-17(13-21(22)28)31-26(35)32-39(36,37)24-7-6-23(27)38-24;1-28-11-14-8-13-6-7-29(22(30)17(13)9-15(14)12-28)19-3-2-16(10-18(19)25)26-23(31)27-35(32,33)21-5-4-20(24)34-21;22-18-3-4-19(33-18)34(31,32)27-21(30)26-12-1-2-17(14(23)8-12)28-6-5-11-7-15-16(25-10-24-15)9-13(11)20(28)29/h2-15,30H,1H3,(H2,31,32,35);2-14,29H,1H3,(H2,31,32,35);2-10H,11-12H2,1H3,(H2,26,27,31);1-10H,(H,24,25)(H2,26,27,30). The molecule has 11 heterocycles. The van der Waals surface area contributed by atoms with Crippen molar-refractivity contribution < 1.29 is 70.4 Å². The number of sulfonamides is 4. The molecule has 0 bridgehead atoms. The van der Waals surface area contributed by atoms with Gasteiger partial charge in [-0.1, -0.05) is 76.7 Å². The number of fused-ring (bicyclic) bond motifs is 6. The summed E-state index contributed by atoms with van der Waals surface area (Å²) in [5.41, 5.74) is 6.44. The van der Waals surface area contributed by atoms with Crippen LogP contribution < -0.4 is 73.0 Å². The minimum atomic E-state index is -4.16. The number of carbonyl (C=O) groups is 4. The molecule has 0 spiro atoms. The van der Waals surface area contributed by atoms with E-state index in [1.165, 1.54) is 135 Å². The highest BCUT2D eigenvalue weighted by atomic mass is 35.5. The fourth-order valence-electron chi connectivity index (χ4n) is 15.5. The number of H-pyrrole nitrogens is 1. The Labute approximate surface area is 865 Å². The van der Waals surface area contributed by atoms with Crippen molar-refractivity contribution in [2.45, 2.75) is 29.9 Å². The SMILES string of the molecule is CN1Cc2cc3ccn(-c4ccc(NC(=O)NS(=O)(=O)c5ccc(Cl)s5)cc4F)c(=O)c3cc2C1.CNc1ccc2c(=O)n(-c3ccc(NC(=O)NS(=O)(=O)c4ccc(Cl)s4)cc3F)cc(-c3ccccc3)c2c1.CNc1ccc2c(=O)n(-c3ccc(NC(=O)NS(=O)(=O)c4ccc(Cl)s4)cc3F)cc(-c3ccncc3)c2c1.O=C(Nc1ccc(-n2ccc3cc4[nH]cnc4cc3c2=O)c(F)c1)NS(=O)(=O)c1ccc(Cl)s1. The smallest absolute Gasteiger partial charge is 0.333 e. The molecule has 20 rings (SSSR count). The van der Waals surface area contributed by atoms with Crippen molar-refractivity contribution in [2.75, 3.05) is 53.0 Å². The van der Waals surface area contributed by atoms with Gasteiger partial charge in [-0.05, 0) is 257 Å². The lowest BCUT2D eigenvalue weighted by atomic mass is 10.00. The molecule has 0 radical (unpaired) electrons. The molecule has 0 fully saturated rings. The number of hydrogen-bond acceptors (Lipinski definition) is 25. The molecule has 11 N–H and O–H groups in total. The molecule has 10 aromatic heterocycles. The van der Waals surface area contributed by atoms with Crippen LogP contribution in [0, 0.1) is 23.3 Å². The topological polar surface area (TPSA) is 458 Å². The van der Waals surface area contributed by atoms with Gasteiger partial charge in [0.2, 0.25) is 0 Å². The Morgan fingerprint density at radius 2 is 0.694 bits per heavy atom. The molecule has 0 aliphatic carbocycles. The molecule has 748 valence electrons. The van der Waals surface area contributed by atoms with Gasteiger partial charge in [0.1, 0.15) is 40.1 Å². The first-order valence-electron chi connectivity index (χ1n) is 42.7. The zero-order valence-electron chi connectivity index (χ0n) is 75.4. The molecule has 19 aromatic rings. The molecular weight excluding hydrogens is 2150 g/mol. The number of aromatic amines is 1. The summed E-state index contributed by atoms with van der Waals surface area (Å²) in [5, 5.41) is 19.7. The molecule has 0 unspecified atom stereocenters. The number of benzene rings is 9. The van der Waals surface area contributed by atoms with Crippen molar-refractivity contribution in [3.05, 3.63) is 373 Å². The van der Waals surface area contributed by atoms with Crippen molar-refractivity contribution in [3.8, 4) is 45.0 Å². The second-order valence-corrected chi connectivity index (χ2v) is 46.4. The second kappa shape index (κ2) is 42.7. The lowest BCUT2D eigenvalue weighted by Gasteiger charge is -2.15. The van der Waals surface area contributed by atoms with Crippen LogP contribution in [0.4, 0.5) is 70.9 Å². The average molecular weight is 2220 g/mol. The summed E-state index contributed by atoms with van der Waals surface area (Å²) in [6, 6.07) is 55.3. The Bertz CT molecular complexity index is 9050. The third-order valence-electron chi connectivity index (χ3n) is 22.3. The molecule has 8 amide bonds. The van der Waals surface area contributed by atoms with Crippen LogP contribution in [0.15, 0.2) is 316 Å². The van der Waals surface area contributed by atoms with E-state index in [-0.39, 0.29) is 85.2 Å². The van der Waals surface area contributed by atoms with E-state index in [2.05, 4.69) is 51.8 Å². The molecule has 34 nitrogen and oxygen atoms in total. The zero-order chi connectivity index (χ0) is 104. The number of nitrogens with one attached hydrogen (secondary N) is 11. The number of nitrogens with zero attached hydrogens (tertiary/aromatic N) is 7. The largest absolute Gasteiger partial charge is 0.388 e.